The van der Waals surface area contributed by atoms with Crippen LogP contribution >= 0.6 is 11.3 Å². The number of methoxy groups -OCH3 is 1. The van der Waals surface area contributed by atoms with Gasteiger partial charge in [-0.15, -0.1) is 11.3 Å². The highest BCUT2D eigenvalue weighted by Gasteiger charge is 2.29. The van der Waals surface area contributed by atoms with Crippen LogP contribution < -0.4 is 9.04 Å². The number of rotatable bonds is 8. The van der Waals surface area contributed by atoms with Crippen LogP contribution in [0.5, 0.6) is 5.75 Å². The molecule has 0 amide bonds. The highest BCUT2D eigenvalue weighted by Crippen LogP contribution is 2.46. The van der Waals surface area contributed by atoms with Crippen molar-refractivity contribution < 1.29 is 23.1 Å². The van der Waals surface area contributed by atoms with Gasteiger partial charge in [0, 0.05) is 16.6 Å². The molecule has 3 rings (SSSR count). The number of carboxylic acids is 1. The number of fused-ring (bicyclic) bond motifs is 1. The lowest BCUT2D eigenvalue weighted by Gasteiger charge is -2.24. The van der Waals surface area contributed by atoms with Gasteiger partial charge in [-0.25, -0.2) is 13.2 Å². The van der Waals surface area contributed by atoms with Crippen LogP contribution in [0.2, 0.25) is 0 Å². The third-order valence-electron chi connectivity index (χ3n) is 4.37. The number of nitrogens with zero attached hydrogens (tertiary/aromatic N) is 1. The van der Waals surface area contributed by atoms with Gasteiger partial charge in [0.2, 0.25) is 0 Å². The van der Waals surface area contributed by atoms with Gasteiger partial charge in [0.05, 0.1) is 17.6 Å². The summed E-state index contributed by atoms with van der Waals surface area (Å²) in [6.07, 6.45) is 1.51. The van der Waals surface area contributed by atoms with Crippen molar-refractivity contribution in [3.8, 4) is 5.75 Å². The van der Waals surface area contributed by atoms with Gasteiger partial charge in [-0.2, -0.15) is 0 Å². The molecule has 0 spiro atoms. The normalized spacial score (nSPS) is 11.5. The Hall–Kier alpha value is -2.58. The molecule has 0 aliphatic heterocycles. The molecule has 0 radical (unpaired) electrons. The van der Waals surface area contributed by atoms with Crippen LogP contribution in [0.3, 0.4) is 0 Å². The molecule has 2 aromatic carbocycles. The number of anilines is 1. The average Bonchev–Trinajstić information content (AvgIpc) is 3.06. The Labute approximate surface area is 168 Å². The van der Waals surface area contributed by atoms with Gasteiger partial charge in [0.15, 0.2) is 5.75 Å². The third kappa shape index (κ3) is 3.70. The molecule has 0 aliphatic rings. The average molecular weight is 420 g/mol. The number of sulfonamides is 1. The molecule has 1 aromatic heterocycles. The summed E-state index contributed by atoms with van der Waals surface area (Å²) in [5.41, 5.74) is 0.0403. The molecule has 0 bridgehead atoms. The lowest BCUT2D eigenvalue weighted by molar-refractivity contribution is 0.0696. The van der Waals surface area contributed by atoms with E-state index in [9.17, 15) is 13.2 Å². The number of unbranched alkanes of at least 4 members (excludes halogenated alkanes) is 1. The zero-order chi connectivity index (χ0) is 20.3. The predicted octanol–water partition coefficient (Wildman–Crippen LogP) is 4.60. The fourth-order valence-corrected chi connectivity index (χ4v) is 5.82. The lowest BCUT2D eigenvalue weighted by Crippen LogP contribution is -2.31. The summed E-state index contributed by atoms with van der Waals surface area (Å²) < 4.78 is 34.7. The minimum absolute atomic E-state index is 0.0403. The van der Waals surface area contributed by atoms with Crippen molar-refractivity contribution in [3.05, 3.63) is 54.1 Å². The van der Waals surface area contributed by atoms with E-state index in [0.717, 1.165) is 16.5 Å². The molecule has 0 fully saturated rings. The Morgan fingerprint density at radius 2 is 1.82 bits per heavy atom. The Balaban J connectivity index is 2.13. The molecule has 0 unspecified atom stereocenters. The van der Waals surface area contributed by atoms with Gasteiger partial charge in [-0.3, -0.25) is 4.31 Å². The van der Waals surface area contributed by atoms with Crippen molar-refractivity contribution in [1.29, 1.82) is 0 Å². The van der Waals surface area contributed by atoms with Crippen molar-refractivity contribution in [1.82, 2.24) is 0 Å². The molecule has 6 nitrogen and oxygen atoms in total. The smallest absolute Gasteiger partial charge is 0.335 e. The van der Waals surface area contributed by atoms with E-state index in [2.05, 4.69) is 0 Å². The largest absolute Gasteiger partial charge is 0.493 e. The maximum absolute atomic E-state index is 13.4. The maximum atomic E-state index is 13.4. The van der Waals surface area contributed by atoms with E-state index in [1.807, 2.05) is 31.2 Å². The van der Waals surface area contributed by atoms with Crippen LogP contribution in [-0.4, -0.2) is 33.1 Å². The first kappa shape index (κ1) is 20.2. The lowest BCUT2D eigenvalue weighted by atomic mass is 10.2. The molecule has 8 heteroatoms. The molecule has 28 heavy (non-hydrogen) atoms. The highest BCUT2D eigenvalue weighted by atomic mass is 32.2. The standard InChI is InChI=1S/C20H21NO5S2/c1-3-4-13-21(19-18(26-2)16-7-5-6-8-17(16)27-19)28(24,25)15-11-9-14(10-12-15)20(22)23/h5-12H,3-4,13H2,1-2H3,(H,22,23). The summed E-state index contributed by atoms with van der Waals surface area (Å²) in [5, 5.41) is 10.4. The third-order valence-corrected chi connectivity index (χ3v) is 7.47. The van der Waals surface area contributed by atoms with E-state index < -0.39 is 16.0 Å². The second kappa shape index (κ2) is 8.20. The summed E-state index contributed by atoms with van der Waals surface area (Å²) in [6.45, 7) is 2.30. The van der Waals surface area contributed by atoms with Gasteiger partial charge in [-0.05, 0) is 42.8 Å². The van der Waals surface area contributed by atoms with Crippen LogP contribution in [0.25, 0.3) is 10.1 Å². The first-order valence-corrected chi connectivity index (χ1v) is 11.1. The quantitative estimate of drug-likeness (QED) is 0.577. The van der Waals surface area contributed by atoms with E-state index in [1.165, 1.54) is 47.0 Å². The zero-order valence-electron chi connectivity index (χ0n) is 15.6. The number of hydrogen-bond donors (Lipinski definition) is 1. The van der Waals surface area contributed by atoms with Crippen molar-refractivity contribution in [2.24, 2.45) is 0 Å². The molecule has 1 N–H and O–H groups in total. The monoisotopic (exact) mass is 419 g/mol. The van der Waals surface area contributed by atoms with E-state index in [1.54, 1.807) is 0 Å². The minimum atomic E-state index is -3.88. The molecular formula is C20H21NO5S2. The van der Waals surface area contributed by atoms with Crippen molar-refractivity contribution >= 4 is 42.4 Å². The van der Waals surface area contributed by atoms with Crippen molar-refractivity contribution in [3.63, 3.8) is 0 Å². The number of aromatic carboxylic acids is 1. The molecular weight excluding hydrogens is 398 g/mol. The summed E-state index contributed by atoms with van der Waals surface area (Å²) in [4.78, 5) is 11.1. The SMILES string of the molecule is CCCCN(c1sc2ccccc2c1OC)S(=O)(=O)c1ccc(C(=O)O)cc1. The van der Waals surface area contributed by atoms with Gasteiger partial charge >= 0.3 is 5.97 Å². The van der Waals surface area contributed by atoms with Crippen LogP contribution in [0, 0.1) is 0 Å². The Morgan fingerprint density at radius 3 is 2.43 bits per heavy atom. The molecule has 0 saturated heterocycles. The summed E-state index contributed by atoms with van der Waals surface area (Å²) >= 11 is 1.36. The fraction of sp³-hybridized carbons (Fsp3) is 0.250. The number of benzene rings is 2. The summed E-state index contributed by atoms with van der Waals surface area (Å²) in [6, 6.07) is 12.9. The van der Waals surface area contributed by atoms with Crippen LogP contribution in [0.4, 0.5) is 5.00 Å². The first-order valence-electron chi connectivity index (χ1n) is 8.81. The van der Waals surface area contributed by atoms with Crippen molar-refractivity contribution in [2.75, 3.05) is 18.0 Å². The minimum Gasteiger partial charge on any atom is -0.493 e. The van der Waals surface area contributed by atoms with E-state index in [4.69, 9.17) is 9.84 Å². The van der Waals surface area contributed by atoms with Gasteiger partial charge in [-0.1, -0.05) is 25.5 Å². The maximum Gasteiger partial charge on any atom is 0.335 e. The van der Waals surface area contributed by atoms with E-state index in [0.29, 0.717) is 23.7 Å². The first-order chi connectivity index (χ1) is 13.4. The van der Waals surface area contributed by atoms with E-state index in [-0.39, 0.29) is 10.5 Å². The molecule has 0 aliphatic carbocycles. The van der Waals surface area contributed by atoms with Crippen LogP contribution in [-0.2, 0) is 10.0 Å². The summed E-state index contributed by atoms with van der Waals surface area (Å²) in [7, 11) is -2.35. The summed E-state index contributed by atoms with van der Waals surface area (Å²) in [5.74, 6) is -0.569. The van der Waals surface area contributed by atoms with Crippen LogP contribution in [0.1, 0.15) is 30.1 Å². The topological polar surface area (TPSA) is 83.9 Å². The Bertz CT molecular complexity index is 1090. The Morgan fingerprint density at radius 1 is 1.14 bits per heavy atom. The molecule has 0 atom stereocenters. The number of thiophene rings is 1. The zero-order valence-corrected chi connectivity index (χ0v) is 17.2. The molecule has 148 valence electrons. The second-order valence-corrected chi connectivity index (χ2v) is 9.09. The number of hydrogen-bond acceptors (Lipinski definition) is 5. The number of carbonyl (C=O) groups is 1. The van der Waals surface area contributed by atoms with Gasteiger partial charge in [0.1, 0.15) is 5.00 Å². The fourth-order valence-electron chi connectivity index (χ4n) is 2.90. The van der Waals surface area contributed by atoms with Crippen molar-refractivity contribution in [2.45, 2.75) is 24.7 Å². The Kier molecular flexibility index (Phi) is 5.90. The second-order valence-electron chi connectivity index (χ2n) is 6.20. The number of carboxylic acid groups (broad SMARTS) is 1. The van der Waals surface area contributed by atoms with Gasteiger partial charge in [0.25, 0.3) is 10.0 Å². The van der Waals surface area contributed by atoms with Gasteiger partial charge < -0.3 is 9.84 Å². The molecule has 1 heterocycles. The highest BCUT2D eigenvalue weighted by molar-refractivity contribution is 7.93. The molecule has 3 aromatic rings. The number of ether oxygens (including phenoxy) is 1. The van der Waals surface area contributed by atoms with E-state index >= 15 is 0 Å². The predicted molar refractivity (Wildman–Crippen MR) is 111 cm³/mol. The molecule has 0 saturated carbocycles. The van der Waals surface area contributed by atoms with Crippen LogP contribution in [0.15, 0.2) is 53.4 Å².